The van der Waals surface area contributed by atoms with Gasteiger partial charge in [-0.25, -0.2) is 8.78 Å². The number of carbonyl (C=O) groups excluding carboxylic acids is 1. The molecule has 0 radical (unpaired) electrons. The van der Waals surface area contributed by atoms with E-state index >= 15 is 0 Å². The molecule has 1 saturated carbocycles. The lowest BCUT2D eigenvalue weighted by molar-refractivity contribution is -0.274. The SMILES string of the molecule is Cn1cc(NC(=O)C2(N)CC2C2OCC(F)(F)CO2)cn1. The zero-order valence-electron chi connectivity index (χ0n) is 11.4. The van der Waals surface area contributed by atoms with Crippen molar-refractivity contribution in [2.45, 2.75) is 24.2 Å². The van der Waals surface area contributed by atoms with Crippen molar-refractivity contribution in [3.8, 4) is 0 Å². The molecule has 2 unspecified atom stereocenters. The number of hydrogen-bond donors (Lipinski definition) is 2. The predicted molar refractivity (Wildman–Crippen MR) is 67.5 cm³/mol. The number of nitrogens with one attached hydrogen (secondary N) is 1. The lowest BCUT2D eigenvalue weighted by Crippen LogP contribution is -2.47. The number of amides is 1. The molecule has 0 spiro atoms. The molecule has 2 fully saturated rings. The first-order valence-corrected chi connectivity index (χ1v) is 6.50. The molecule has 0 aromatic carbocycles. The Morgan fingerprint density at radius 2 is 2.19 bits per heavy atom. The van der Waals surface area contributed by atoms with Crippen molar-refractivity contribution >= 4 is 11.6 Å². The lowest BCUT2D eigenvalue weighted by atomic mass is 10.2. The van der Waals surface area contributed by atoms with Crippen LogP contribution in [-0.4, -0.2) is 46.7 Å². The number of nitrogens with two attached hydrogens (primary N) is 1. The van der Waals surface area contributed by atoms with E-state index in [-0.39, 0.29) is 0 Å². The van der Waals surface area contributed by atoms with E-state index in [2.05, 4.69) is 10.4 Å². The zero-order chi connectivity index (χ0) is 15.3. The van der Waals surface area contributed by atoms with Gasteiger partial charge in [0.25, 0.3) is 5.92 Å². The highest BCUT2D eigenvalue weighted by Crippen LogP contribution is 2.47. The monoisotopic (exact) mass is 302 g/mol. The first-order valence-electron chi connectivity index (χ1n) is 6.50. The summed E-state index contributed by atoms with van der Waals surface area (Å²) in [6.07, 6.45) is 2.59. The number of hydrogen-bond acceptors (Lipinski definition) is 5. The third kappa shape index (κ3) is 2.76. The average Bonchev–Trinajstić information content (AvgIpc) is 2.93. The normalized spacial score (nSPS) is 31.9. The molecule has 3 N–H and O–H groups in total. The van der Waals surface area contributed by atoms with Gasteiger partial charge in [-0.05, 0) is 6.42 Å². The summed E-state index contributed by atoms with van der Waals surface area (Å²) in [5, 5.41) is 6.57. The van der Waals surface area contributed by atoms with Crippen molar-refractivity contribution in [3.05, 3.63) is 12.4 Å². The summed E-state index contributed by atoms with van der Waals surface area (Å²) in [7, 11) is 1.72. The van der Waals surface area contributed by atoms with E-state index in [1.54, 1.807) is 17.9 Å². The summed E-state index contributed by atoms with van der Waals surface area (Å²) in [5.74, 6) is -3.81. The number of rotatable bonds is 3. The number of carbonyl (C=O) groups is 1. The van der Waals surface area contributed by atoms with Crippen molar-refractivity contribution in [1.29, 1.82) is 0 Å². The Kier molecular flexibility index (Phi) is 3.23. The smallest absolute Gasteiger partial charge is 0.293 e. The minimum atomic E-state index is -2.99. The maximum atomic E-state index is 12.9. The summed E-state index contributed by atoms with van der Waals surface area (Å²) in [6.45, 7) is -1.43. The first kappa shape index (κ1) is 14.4. The lowest BCUT2D eigenvalue weighted by Gasteiger charge is -2.30. The molecule has 1 aromatic rings. The van der Waals surface area contributed by atoms with Crippen molar-refractivity contribution in [2.24, 2.45) is 18.7 Å². The Balaban J connectivity index is 1.58. The van der Waals surface area contributed by atoms with Crippen LogP contribution in [0.4, 0.5) is 14.5 Å². The fraction of sp³-hybridized carbons (Fsp3) is 0.667. The van der Waals surface area contributed by atoms with Crippen LogP contribution in [0, 0.1) is 5.92 Å². The van der Waals surface area contributed by atoms with E-state index in [9.17, 15) is 13.6 Å². The molecule has 7 nitrogen and oxygen atoms in total. The molecule has 1 amide bonds. The summed E-state index contributed by atoms with van der Waals surface area (Å²) in [6, 6.07) is 0. The van der Waals surface area contributed by atoms with E-state index in [0.717, 1.165) is 0 Å². The standard InChI is InChI=1S/C12H16F2N4O3/c1-18-4-7(3-16-18)17-10(19)12(15)2-8(12)9-20-5-11(13,14)6-21-9/h3-4,8-9H,2,5-6,15H2,1H3,(H,17,19). The minimum Gasteiger partial charge on any atom is -0.346 e. The Morgan fingerprint density at radius 1 is 1.52 bits per heavy atom. The van der Waals surface area contributed by atoms with Crippen molar-refractivity contribution in [1.82, 2.24) is 9.78 Å². The Labute approximate surface area is 119 Å². The van der Waals surface area contributed by atoms with Crippen LogP contribution in [0.5, 0.6) is 0 Å². The summed E-state index contributed by atoms with van der Waals surface area (Å²) >= 11 is 0. The minimum absolute atomic E-state index is 0.329. The van der Waals surface area contributed by atoms with Crippen LogP contribution in [0.2, 0.25) is 0 Å². The largest absolute Gasteiger partial charge is 0.346 e. The molecule has 2 aliphatic rings. The Hall–Kier alpha value is -1.58. The van der Waals surface area contributed by atoms with Crippen molar-refractivity contribution < 1.29 is 23.0 Å². The van der Waals surface area contributed by atoms with Crippen molar-refractivity contribution in [3.63, 3.8) is 0 Å². The molecule has 2 heterocycles. The zero-order valence-corrected chi connectivity index (χ0v) is 11.4. The molecule has 3 rings (SSSR count). The van der Waals surface area contributed by atoms with Crippen LogP contribution in [0.15, 0.2) is 12.4 Å². The maximum absolute atomic E-state index is 12.9. The fourth-order valence-corrected chi connectivity index (χ4v) is 2.37. The number of nitrogens with zero attached hydrogens (tertiary/aromatic N) is 2. The van der Waals surface area contributed by atoms with Gasteiger partial charge in [0, 0.05) is 19.2 Å². The summed E-state index contributed by atoms with van der Waals surface area (Å²) in [4.78, 5) is 12.2. The Bertz CT molecular complexity index is 554. The Morgan fingerprint density at radius 3 is 2.76 bits per heavy atom. The average molecular weight is 302 g/mol. The van der Waals surface area contributed by atoms with E-state index in [1.807, 2.05) is 0 Å². The van der Waals surface area contributed by atoms with E-state index in [4.69, 9.17) is 15.2 Å². The van der Waals surface area contributed by atoms with E-state index in [1.165, 1.54) is 6.20 Å². The third-order valence-electron chi connectivity index (χ3n) is 3.69. The van der Waals surface area contributed by atoms with Gasteiger partial charge in [0.05, 0.1) is 11.9 Å². The number of aromatic nitrogens is 2. The molecule has 1 aliphatic heterocycles. The van der Waals surface area contributed by atoms with Gasteiger partial charge in [0.15, 0.2) is 6.29 Å². The second-order valence-corrected chi connectivity index (χ2v) is 5.55. The molecule has 21 heavy (non-hydrogen) atoms. The van der Waals surface area contributed by atoms with Crippen molar-refractivity contribution in [2.75, 3.05) is 18.5 Å². The van der Waals surface area contributed by atoms with Gasteiger partial charge >= 0.3 is 0 Å². The van der Waals surface area contributed by atoms with E-state index in [0.29, 0.717) is 12.1 Å². The van der Waals surface area contributed by atoms with Gasteiger partial charge < -0.3 is 20.5 Å². The van der Waals surface area contributed by atoms with Crippen LogP contribution in [0.1, 0.15) is 6.42 Å². The molecule has 1 aliphatic carbocycles. The predicted octanol–water partition coefficient (Wildman–Crippen LogP) is 0.0842. The van der Waals surface area contributed by atoms with Crippen LogP contribution in [0.25, 0.3) is 0 Å². The summed E-state index contributed by atoms with van der Waals surface area (Å²) < 4.78 is 37.3. The van der Waals surface area contributed by atoms with E-state index < -0.39 is 42.8 Å². The highest BCUT2D eigenvalue weighted by molar-refractivity contribution is 6.00. The third-order valence-corrected chi connectivity index (χ3v) is 3.69. The highest BCUT2D eigenvalue weighted by atomic mass is 19.3. The number of anilines is 1. The number of halogens is 2. The molecular weight excluding hydrogens is 286 g/mol. The molecule has 2 atom stereocenters. The second-order valence-electron chi connectivity index (χ2n) is 5.55. The molecule has 1 saturated heterocycles. The fourth-order valence-electron chi connectivity index (χ4n) is 2.37. The van der Waals surface area contributed by atoms with Crippen LogP contribution in [0.3, 0.4) is 0 Å². The van der Waals surface area contributed by atoms with Gasteiger partial charge in [0.2, 0.25) is 5.91 Å². The molecule has 116 valence electrons. The van der Waals surface area contributed by atoms with Gasteiger partial charge in [-0.3, -0.25) is 9.48 Å². The summed E-state index contributed by atoms with van der Waals surface area (Å²) in [5.41, 5.74) is 5.36. The topological polar surface area (TPSA) is 91.4 Å². The van der Waals surface area contributed by atoms with Gasteiger partial charge in [-0.1, -0.05) is 0 Å². The molecule has 1 aromatic heterocycles. The second kappa shape index (κ2) is 4.72. The maximum Gasteiger partial charge on any atom is 0.293 e. The van der Waals surface area contributed by atoms with Crippen LogP contribution >= 0.6 is 0 Å². The molecule has 0 bridgehead atoms. The van der Waals surface area contributed by atoms with Gasteiger partial charge in [-0.15, -0.1) is 0 Å². The number of aryl methyl sites for hydroxylation is 1. The first-order chi connectivity index (χ1) is 9.80. The number of ether oxygens (including phenoxy) is 2. The number of alkyl halides is 2. The van der Waals surface area contributed by atoms with Gasteiger partial charge in [-0.2, -0.15) is 5.10 Å². The van der Waals surface area contributed by atoms with Gasteiger partial charge in [0.1, 0.15) is 18.8 Å². The van der Waals surface area contributed by atoms with Crippen LogP contribution in [-0.2, 0) is 21.3 Å². The van der Waals surface area contributed by atoms with Crippen LogP contribution < -0.4 is 11.1 Å². The molecular formula is C12H16F2N4O3. The molecule has 9 heteroatoms. The quantitative estimate of drug-likeness (QED) is 0.825. The highest BCUT2D eigenvalue weighted by Gasteiger charge is 2.62.